The predicted octanol–water partition coefficient (Wildman–Crippen LogP) is 5.00. The molecule has 0 radical (unpaired) electrons. The van der Waals surface area contributed by atoms with E-state index in [0.717, 1.165) is 51.9 Å². The maximum Gasteiger partial charge on any atom is 0.506 e. The number of carbonyl (C=O) groups is 1. The van der Waals surface area contributed by atoms with Gasteiger partial charge in [-0.1, -0.05) is 33.1 Å². The van der Waals surface area contributed by atoms with Crippen LogP contribution in [0.4, 0.5) is 4.79 Å². The number of unbranched alkanes of at least 4 members (excludes halogenated alkanes) is 2. The van der Waals surface area contributed by atoms with Gasteiger partial charge in [-0.2, -0.15) is 0 Å². The van der Waals surface area contributed by atoms with Crippen molar-refractivity contribution in [1.82, 2.24) is 9.80 Å². The third-order valence-corrected chi connectivity index (χ3v) is 6.62. The lowest BCUT2D eigenvalue weighted by atomic mass is 9.72. The molecule has 5 heteroatoms. The van der Waals surface area contributed by atoms with E-state index in [1.165, 1.54) is 44.9 Å². The van der Waals surface area contributed by atoms with Crippen molar-refractivity contribution in [3.63, 3.8) is 0 Å². The van der Waals surface area contributed by atoms with Crippen LogP contribution in [0.1, 0.15) is 84.5 Å². The van der Waals surface area contributed by atoms with Crippen LogP contribution in [0.2, 0.25) is 0 Å². The lowest BCUT2D eigenvalue weighted by molar-refractivity contribution is -0.111. The second-order valence-corrected chi connectivity index (χ2v) is 8.91. The number of carboxylic acid groups (broad SMARTS) is 1. The van der Waals surface area contributed by atoms with Crippen LogP contribution in [0.3, 0.4) is 0 Å². The SMILES string of the molecule is CCCCN(CCCC)[C@@H]1CCCC[C@@]1(CC1CCCN(C)C1)OC(=O)O. The average Bonchev–Trinajstić information content (AvgIpc) is 2.62. The zero-order chi connectivity index (χ0) is 19.7. The first-order chi connectivity index (χ1) is 13.0. The first kappa shape index (κ1) is 22.5. The van der Waals surface area contributed by atoms with E-state index in [1.807, 2.05) is 0 Å². The molecule has 1 unspecified atom stereocenters. The fraction of sp³-hybridized carbons (Fsp3) is 0.955. The largest absolute Gasteiger partial charge is 0.506 e. The maximum absolute atomic E-state index is 11.7. The highest BCUT2D eigenvalue weighted by molar-refractivity contribution is 5.57. The normalized spacial score (nSPS) is 29.8. The van der Waals surface area contributed by atoms with E-state index in [-0.39, 0.29) is 6.04 Å². The van der Waals surface area contributed by atoms with Gasteiger partial charge in [0.15, 0.2) is 0 Å². The molecule has 1 saturated carbocycles. The minimum Gasteiger partial charge on any atom is -0.450 e. The van der Waals surface area contributed by atoms with Crippen LogP contribution in [0.5, 0.6) is 0 Å². The van der Waals surface area contributed by atoms with Crippen molar-refractivity contribution in [1.29, 1.82) is 0 Å². The molecule has 1 aliphatic carbocycles. The fourth-order valence-corrected chi connectivity index (χ4v) is 5.35. The van der Waals surface area contributed by atoms with Gasteiger partial charge in [-0.15, -0.1) is 0 Å². The van der Waals surface area contributed by atoms with Gasteiger partial charge in [-0.25, -0.2) is 4.79 Å². The summed E-state index contributed by atoms with van der Waals surface area (Å²) in [7, 11) is 2.18. The highest BCUT2D eigenvalue weighted by Gasteiger charge is 2.48. The monoisotopic (exact) mass is 382 g/mol. The summed E-state index contributed by atoms with van der Waals surface area (Å²) in [6.07, 6.45) is 11.2. The molecule has 1 N–H and O–H groups in total. The van der Waals surface area contributed by atoms with Gasteiger partial charge in [-0.3, -0.25) is 4.90 Å². The molecule has 1 saturated heterocycles. The van der Waals surface area contributed by atoms with Crippen LogP contribution in [0.25, 0.3) is 0 Å². The second-order valence-electron chi connectivity index (χ2n) is 8.91. The minimum absolute atomic E-state index is 0.243. The maximum atomic E-state index is 11.7. The van der Waals surface area contributed by atoms with Gasteiger partial charge in [0, 0.05) is 12.6 Å². The Morgan fingerprint density at radius 3 is 2.44 bits per heavy atom. The van der Waals surface area contributed by atoms with E-state index >= 15 is 0 Å². The van der Waals surface area contributed by atoms with Crippen LogP contribution >= 0.6 is 0 Å². The molecule has 0 bridgehead atoms. The quantitative estimate of drug-likeness (QED) is 0.539. The highest BCUT2D eigenvalue weighted by Crippen LogP contribution is 2.42. The number of nitrogens with zero attached hydrogens (tertiary/aromatic N) is 2. The Morgan fingerprint density at radius 1 is 1.15 bits per heavy atom. The Hall–Kier alpha value is -0.810. The summed E-state index contributed by atoms with van der Waals surface area (Å²) in [5.74, 6) is 0.544. The van der Waals surface area contributed by atoms with Crippen molar-refractivity contribution < 1.29 is 14.6 Å². The first-order valence-corrected chi connectivity index (χ1v) is 11.3. The molecule has 0 aromatic carbocycles. The van der Waals surface area contributed by atoms with E-state index in [2.05, 4.69) is 30.7 Å². The summed E-state index contributed by atoms with van der Waals surface area (Å²) in [5.41, 5.74) is -0.519. The smallest absolute Gasteiger partial charge is 0.450 e. The van der Waals surface area contributed by atoms with Crippen molar-refractivity contribution >= 4 is 6.16 Å². The van der Waals surface area contributed by atoms with Gasteiger partial charge in [0.05, 0.1) is 0 Å². The zero-order valence-electron chi connectivity index (χ0n) is 17.9. The first-order valence-electron chi connectivity index (χ1n) is 11.3. The van der Waals surface area contributed by atoms with Gasteiger partial charge in [0.1, 0.15) is 5.60 Å². The summed E-state index contributed by atoms with van der Waals surface area (Å²) in [6, 6.07) is 0.243. The Bertz CT molecular complexity index is 437. The van der Waals surface area contributed by atoms with Crippen molar-refractivity contribution in [3.05, 3.63) is 0 Å². The number of hydrogen-bond donors (Lipinski definition) is 1. The molecule has 158 valence electrons. The van der Waals surface area contributed by atoms with Crippen molar-refractivity contribution in [3.8, 4) is 0 Å². The molecule has 2 rings (SSSR count). The third kappa shape index (κ3) is 6.63. The van der Waals surface area contributed by atoms with Gasteiger partial charge >= 0.3 is 6.16 Å². The van der Waals surface area contributed by atoms with Crippen LogP contribution in [-0.4, -0.2) is 65.9 Å². The molecular weight excluding hydrogens is 340 g/mol. The summed E-state index contributed by atoms with van der Waals surface area (Å²) < 4.78 is 5.83. The molecule has 2 aliphatic rings. The second kappa shape index (κ2) is 11.3. The molecule has 1 heterocycles. The van der Waals surface area contributed by atoms with Crippen LogP contribution in [0.15, 0.2) is 0 Å². The lowest BCUT2D eigenvalue weighted by Gasteiger charge is -2.50. The van der Waals surface area contributed by atoms with E-state index < -0.39 is 11.8 Å². The van der Waals surface area contributed by atoms with Gasteiger partial charge < -0.3 is 14.7 Å². The minimum atomic E-state index is -1.09. The van der Waals surface area contributed by atoms with Crippen LogP contribution < -0.4 is 0 Å². The van der Waals surface area contributed by atoms with Gasteiger partial charge in [0.25, 0.3) is 0 Å². The third-order valence-electron chi connectivity index (χ3n) is 6.62. The zero-order valence-corrected chi connectivity index (χ0v) is 17.9. The van der Waals surface area contributed by atoms with Gasteiger partial charge in [0.2, 0.25) is 0 Å². The molecule has 27 heavy (non-hydrogen) atoms. The standard InChI is InChI=1S/C22H42N2O3/c1-4-6-15-24(16-7-5-2)20-12-8-9-13-22(20,27-21(25)26)17-19-11-10-14-23(3)18-19/h19-20H,4-18H2,1-3H3,(H,25,26)/t19?,20-,22+/m1/s1. The Morgan fingerprint density at radius 2 is 1.85 bits per heavy atom. The summed E-state index contributed by atoms with van der Waals surface area (Å²) >= 11 is 0. The van der Waals surface area contributed by atoms with Crippen LogP contribution in [-0.2, 0) is 4.74 Å². The Kier molecular flexibility index (Phi) is 9.37. The molecule has 2 fully saturated rings. The summed E-state index contributed by atoms with van der Waals surface area (Å²) in [4.78, 5) is 16.7. The number of likely N-dealkylation sites (tertiary alicyclic amines) is 1. The Labute approximate surface area is 166 Å². The number of hydrogen-bond acceptors (Lipinski definition) is 4. The van der Waals surface area contributed by atoms with E-state index in [9.17, 15) is 9.90 Å². The number of rotatable bonds is 10. The summed E-state index contributed by atoms with van der Waals surface area (Å²) in [5, 5.41) is 9.61. The molecule has 0 aromatic rings. The van der Waals surface area contributed by atoms with E-state index in [0.29, 0.717) is 5.92 Å². The number of ether oxygens (including phenoxy) is 1. The molecule has 5 nitrogen and oxygen atoms in total. The summed E-state index contributed by atoms with van der Waals surface area (Å²) in [6.45, 7) is 8.83. The molecule has 1 aliphatic heterocycles. The lowest BCUT2D eigenvalue weighted by Crippen LogP contribution is -2.58. The van der Waals surface area contributed by atoms with Crippen molar-refractivity contribution in [2.75, 3.05) is 33.2 Å². The Balaban J connectivity index is 2.23. The molecule has 0 amide bonds. The van der Waals surface area contributed by atoms with E-state index in [4.69, 9.17) is 4.74 Å². The van der Waals surface area contributed by atoms with Gasteiger partial charge in [-0.05, 0) is 84.0 Å². The topological polar surface area (TPSA) is 53.0 Å². The molecule has 0 aromatic heterocycles. The van der Waals surface area contributed by atoms with Crippen molar-refractivity contribution in [2.24, 2.45) is 5.92 Å². The average molecular weight is 383 g/mol. The fourth-order valence-electron chi connectivity index (χ4n) is 5.35. The van der Waals surface area contributed by atoms with Crippen LogP contribution in [0, 0.1) is 5.92 Å². The predicted molar refractivity (Wildman–Crippen MR) is 110 cm³/mol. The van der Waals surface area contributed by atoms with Crippen molar-refractivity contribution in [2.45, 2.75) is 96.1 Å². The van der Waals surface area contributed by atoms with E-state index in [1.54, 1.807) is 0 Å². The molecule has 0 spiro atoms. The molecule has 3 atom stereocenters. The molecular formula is C22H42N2O3. The number of piperidine rings is 1. The highest BCUT2D eigenvalue weighted by atomic mass is 16.7.